The van der Waals surface area contributed by atoms with Crippen LogP contribution in [-0.4, -0.2) is 0 Å². The first kappa shape index (κ1) is 16.7. The lowest BCUT2D eigenvalue weighted by Crippen LogP contribution is -1.85. The van der Waals surface area contributed by atoms with Crippen molar-refractivity contribution in [3.05, 3.63) is 109 Å². The summed E-state index contributed by atoms with van der Waals surface area (Å²) in [6.45, 7) is 0. The first-order valence-electron chi connectivity index (χ1n) is 10.6. The highest BCUT2D eigenvalue weighted by atomic mass is 16.3. The molecule has 0 unspecified atom stereocenters. The van der Waals surface area contributed by atoms with E-state index in [1.54, 1.807) is 0 Å². The number of hydrogen-bond acceptors (Lipinski definition) is 1. The van der Waals surface area contributed by atoms with Crippen molar-refractivity contribution in [2.75, 3.05) is 0 Å². The Morgan fingerprint density at radius 3 is 1.68 bits per heavy atom. The summed E-state index contributed by atoms with van der Waals surface area (Å²) in [4.78, 5) is 0. The third-order valence-corrected chi connectivity index (χ3v) is 6.40. The summed E-state index contributed by atoms with van der Waals surface area (Å²) in [5, 5.41) is 9.85. The second kappa shape index (κ2) is 6.20. The highest BCUT2D eigenvalue weighted by molar-refractivity contribution is 6.15. The van der Waals surface area contributed by atoms with Crippen molar-refractivity contribution < 1.29 is 4.42 Å². The molecule has 0 aliphatic carbocycles. The number of fused-ring (bicyclic) bond motifs is 6. The Hall–Kier alpha value is -4.10. The van der Waals surface area contributed by atoms with Crippen LogP contribution in [0.15, 0.2) is 114 Å². The number of hydrogen-bond donors (Lipinski definition) is 0. The summed E-state index contributed by atoms with van der Waals surface area (Å²) in [6, 6.07) is 39.1. The van der Waals surface area contributed by atoms with E-state index in [0.29, 0.717) is 0 Å². The molecule has 7 rings (SSSR count). The monoisotopic (exact) mass is 394 g/mol. The van der Waals surface area contributed by atoms with Crippen LogP contribution in [0.4, 0.5) is 0 Å². The van der Waals surface area contributed by atoms with E-state index in [-0.39, 0.29) is 0 Å². The van der Waals surface area contributed by atoms with Gasteiger partial charge in [0.25, 0.3) is 0 Å². The van der Waals surface area contributed by atoms with Gasteiger partial charge >= 0.3 is 0 Å². The van der Waals surface area contributed by atoms with E-state index in [1.165, 1.54) is 48.8 Å². The average Bonchev–Trinajstić information content (AvgIpc) is 3.17. The van der Waals surface area contributed by atoms with E-state index < -0.39 is 0 Å². The van der Waals surface area contributed by atoms with E-state index >= 15 is 0 Å². The molecule has 0 saturated heterocycles. The molecule has 0 amide bonds. The average molecular weight is 394 g/mol. The standard InChI is InChI=1S/C30H18O/c1-2-8-20-18-29-27(16-19(20)7-1)26-17-23(13-14-28(26)31-29)30-24-11-5-3-9-21(24)15-22-10-4-6-12-25(22)30/h1-18H. The lowest BCUT2D eigenvalue weighted by Gasteiger charge is -2.12. The van der Waals surface area contributed by atoms with E-state index in [9.17, 15) is 0 Å². The molecule has 0 spiro atoms. The Bertz CT molecular complexity index is 1730. The minimum atomic E-state index is 0.929. The van der Waals surface area contributed by atoms with Gasteiger partial charge in [0.1, 0.15) is 11.2 Å². The summed E-state index contributed by atoms with van der Waals surface area (Å²) < 4.78 is 6.23. The van der Waals surface area contributed by atoms with Crippen molar-refractivity contribution in [3.8, 4) is 11.1 Å². The van der Waals surface area contributed by atoms with Crippen molar-refractivity contribution in [1.29, 1.82) is 0 Å². The maximum atomic E-state index is 6.23. The molecule has 0 atom stereocenters. The lowest BCUT2D eigenvalue weighted by atomic mass is 9.91. The maximum Gasteiger partial charge on any atom is 0.136 e. The van der Waals surface area contributed by atoms with Crippen molar-refractivity contribution in [2.24, 2.45) is 0 Å². The molecule has 0 saturated carbocycles. The van der Waals surface area contributed by atoms with E-state index in [0.717, 1.165) is 16.6 Å². The zero-order chi connectivity index (χ0) is 20.4. The number of rotatable bonds is 1. The van der Waals surface area contributed by atoms with Crippen LogP contribution in [0, 0.1) is 0 Å². The summed E-state index contributed by atoms with van der Waals surface area (Å²) in [5.41, 5.74) is 4.37. The summed E-state index contributed by atoms with van der Waals surface area (Å²) in [5.74, 6) is 0. The molecule has 1 aromatic heterocycles. The Balaban J connectivity index is 1.60. The minimum Gasteiger partial charge on any atom is -0.456 e. The van der Waals surface area contributed by atoms with Crippen LogP contribution in [0.2, 0.25) is 0 Å². The maximum absolute atomic E-state index is 6.23. The second-order valence-corrected chi connectivity index (χ2v) is 8.20. The molecule has 144 valence electrons. The summed E-state index contributed by atoms with van der Waals surface area (Å²) in [7, 11) is 0. The molecule has 0 N–H and O–H groups in total. The van der Waals surface area contributed by atoms with Gasteiger partial charge in [-0.3, -0.25) is 0 Å². The van der Waals surface area contributed by atoms with Gasteiger partial charge in [-0.1, -0.05) is 78.9 Å². The van der Waals surface area contributed by atoms with Gasteiger partial charge in [-0.2, -0.15) is 0 Å². The van der Waals surface area contributed by atoms with Crippen LogP contribution in [-0.2, 0) is 0 Å². The smallest absolute Gasteiger partial charge is 0.136 e. The molecule has 31 heavy (non-hydrogen) atoms. The number of furan rings is 1. The molecular weight excluding hydrogens is 376 g/mol. The first-order chi connectivity index (χ1) is 15.3. The third-order valence-electron chi connectivity index (χ3n) is 6.40. The Kier molecular flexibility index (Phi) is 3.33. The van der Waals surface area contributed by atoms with Crippen molar-refractivity contribution >= 4 is 54.3 Å². The summed E-state index contributed by atoms with van der Waals surface area (Å²) in [6.07, 6.45) is 0. The van der Waals surface area contributed by atoms with Gasteiger partial charge in [0.05, 0.1) is 0 Å². The van der Waals surface area contributed by atoms with Gasteiger partial charge in [0, 0.05) is 10.8 Å². The number of benzene rings is 6. The van der Waals surface area contributed by atoms with Crippen LogP contribution in [0.1, 0.15) is 0 Å². The summed E-state index contributed by atoms with van der Waals surface area (Å²) >= 11 is 0. The second-order valence-electron chi connectivity index (χ2n) is 8.20. The molecule has 0 fully saturated rings. The fourth-order valence-corrected chi connectivity index (χ4v) is 4.94. The van der Waals surface area contributed by atoms with Gasteiger partial charge in [-0.05, 0) is 73.8 Å². The molecule has 1 heteroatoms. The molecule has 6 aromatic carbocycles. The van der Waals surface area contributed by atoms with Gasteiger partial charge in [-0.15, -0.1) is 0 Å². The Morgan fingerprint density at radius 1 is 0.387 bits per heavy atom. The van der Waals surface area contributed by atoms with Crippen LogP contribution < -0.4 is 0 Å². The predicted octanol–water partition coefficient (Wildman–Crippen LogP) is 8.71. The molecule has 1 nitrogen and oxygen atoms in total. The Labute approximate surface area is 179 Å². The zero-order valence-electron chi connectivity index (χ0n) is 16.8. The van der Waals surface area contributed by atoms with Crippen molar-refractivity contribution in [3.63, 3.8) is 0 Å². The normalized spacial score (nSPS) is 11.9. The zero-order valence-corrected chi connectivity index (χ0v) is 16.8. The largest absolute Gasteiger partial charge is 0.456 e. The van der Waals surface area contributed by atoms with Crippen molar-refractivity contribution in [1.82, 2.24) is 0 Å². The lowest BCUT2D eigenvalue weighted by molar-refractivity contribution is 0.669. The quantitative estimate of drug-likeness (QED) is 0.254. The van der Waals surface area contributed by atoms with Crippen LogP contribution in [0.25, 0.3) is 65.4 Å². The molecule has 1 heterocycles. The van der Waals surface area contributed by atoms with Crippen molar-refractivity contribution in [2.45, 2.75) is 0 Å². The molecule has 0 aliphatic rings. The van der Waals surface area contributed by atoms with Crippen LogP contribution >= 0.6 is 0 Å². The Morgan fingerprint density at radius 2 is 0.968 bits per heavy atom. The van der Waals surface area contributed by atoms with Crippen LogP contribution in [0.3, 0.4) is 0 Å². The predicted molar refractivity (Wildman–Crippen MR) is 132 cm³/mol. The molecule has 0 bridgehead atoms. The van der Waals surface area contributed by atoms with Gasteiger partial charge in [0.2, 0.25) is 0 Å². The highest BCUT2D eigenvalue weighted by Gasteiger charge is 2.13. The topological polar surface area (TPSA) is 13.1 Å². The van der Waals surface area contributed by atoms with E-state index in [4.69, 9.17) is 4.42 Å². The molecular formula is C30H18O. The van der Waals surface area contributed by atoms with Gasteiger partial charge < -0.3 is 4.42 Å². The van der Waals surface area contributed by atoms with Crippen LogP contribution in [0.5, 0.6) is 0 Å². The van der Waals surface area contributed by atoms with Gasteiger partial charge in [-0.25, -0.2) is 0 Å². The highest BCUT2D eigenvalue weighted by Crippen LogP contribution is 2.40. The molecule has 7 aromatic rings. The third kappa shape index (κ3) is 2.44. The molecule has 0 radical (unpaired) electrons. The van der Waals surface area contributed by atoms with E-state index in [2.05, 4.69) is 109 Å². The SMILES string of the molecule is c1ccc2cc3c(cc2c1)oc1ccc(-c2c4ccccc4cc4ccccc24)cc13. The fraction of sp³-hybridized carbons (Fsp3) is 0. The fourth-order valence-electron chi connectivity index (χ4n) is 4.94. The van der Waals surface area contributed by atoms with E-state index in [1.807, 2.05) is 0 Å². The van der Waals surface area contributed by atoms with Gasteiger partial charge in [0.15, 0.2) is 0 Å². The molecule has 0 aliphatic heterocycles. The first-order valence-corrected chi connectivity index (χ1v) is 10.6. The minimum absolute atomic E-state index is 0.929.